The van der Waals surface area contributed by atoms with Crippen LogP contribution in [0.15, 0.2) is 12.1 Å². The van der Waals surface area contributed by atoms with Crippen LogP contribution in [-0.2, 0) is 4.74 Å². The molecule has 1 aliphatic heterocycles. The molecule has 7 nitrogen and oxygen atoms in total. The van der Waals surface area contributed by atoms with Gasteiger partial charge in [0.05, 0.1) is 19.2 Å². The van der Waals surface area contributed by atoms with Crippen molar-refractivity contribution in [1.82, 2.24) is 10.2 Å². The first-order valence-electron chi connectivity index (χ1n) is 9.32. The zero-order chi connectivity index (χ0) is 20.9. The van der Waals surface area contributed by atoms with Crippen LogP contribution in [0.5, 0.6) is 11.5 Å². The summed E-state index contributed by atoms with van der Waals surface area (Å²) in [6.45, 7) is 7.27. The molecule has 0 saturated carbocycles. The minimum Gasteiger partial charge on any atom is -0.493 e. The predicted molar refractivity (Wildman–Crippen MR) is 107 cm³/mol. The van der Waals surface area contributed by atoms with Crippen molar-refractivity contribution in [1.29, 1.82) is 0 Å². The third kappa shape index (κ3) is 5.92. The minimum absolute atomic E-state index is 0.0959. The number of hydrogen-bond donors (Lipinski definition) is 1. The number of halogens is 1. The lowest BCUT2D eigenvalue weighted by Gasteiger charge is -2.32. The standard InChI is InChI=1S/C20H29ClN2O5/c1-20(2,3)28-19(25)22-12-13-6-8-23(9-7-13)18(24)14-10-15(21)17(27-5)16(11-14)26-4/h10-11,13H,6-9,12H2,1-5H3,(H,22,25). The Morgan fingerprint density at radius 3 is 2.36 bits per heavy atom. The van der Waals surface area contributed by atoms with Crippen LogP contribution in [0.25, 0.3) is 0 Å². The maximum Gasteiger partial charge on any atom is 0.407 e. The van der Waals surface area contributed by atoms with Crippen molar-refractivity contribution < 1.29 is 23.8 Å². The number of methoxy groups -OCH3 is 2. The van der Waals surface area contributed by atoms with Crippen molar-refractivity contribution in [3.63, 3.8) is 0 Å². The second-order valence-corrected chi connectivity index (χ2v) is 8.22. The van der Waals surface area contributed by atoms with Crippen LogP contribution in [0.1, 0.15) is 44.0 Å². The molecule has 1 N–H and O–H groups in total. The Morgan fingerprint density at radius 2 is 1.82 bits per heavy atom. The lowest BCUT2D eigenvalue weighted by Crippen LogP contribution is -2.42. The van der Waals surface area contributed by atoms with E-state index in [1.807, 2.05) is 20.8 Å². The highest BCUT2D eigenvalue weighted by Gasteiger charge is 2.26. The molecule has 0 radical (unpaired) electrons. The number of piperidine rings is 1. The Kier molecular flexibility index (Phi) is 7.41. The lowest BCUT2D eigenvalue weighted by molar-refractivity contribution is 0.0500. The molecule has 1 fully saturated rings. The summed E-state index contributed by atoms with van der Waals surface area (Å²) in [5, 5.41) is 3.14. The van der Waals surface area contributed by atoms with Crippen LogP contribution in [0.3, 0.4) is 0 Å². The Hall–Kier alpha value is -2.15. The number of carbonyl (C=O) groups is 2. The van der Waals surface area contributed by atoms with Crippen molar-refractivity contribution in [3.8, 4) is 11.5 Å². The van der Waals surface area contributed by atoms with E-state index in [0.717, 1.165) is 12.8 Å². The fourth-order valence-corrected chi connectivity index (χ4v) is 3.39. The summed E-state index contributed by atoms with van der Waals surface area (Å²) in [7, 11) is 3.01. The van der Waals surface area contributed by atoms with E-state index in [2.05, 4.69) is 5.32 Å². The van der Waals surface area contributed by atoms with Crippen LogP contribution in [-0.4, -0.2) is 56.4 Å². The quantitative estimate of drug-likeness (QED) is 0.797. The summed E-state index contributed by atoms with van der Waals surface area (Å²) >= 11 is 6.21. The zero-order valence-electron chi connectivity index (χ0n) is 17.1. The van der Waals surface area contributed by atoms with Gasteiger partial charge in [-0.1, -0.05) is 11.6 Å². The van der Waals surface area contributed by atoms with Gasteiger partial charge in [-0.3, -0.25) is 4.79 Å². The van der Waals surface area contributed by atoms with Gasteiger partial charge in [0.15, 0.2) is 11.5 Å². The molecule has 0 bridgehead atoms. The van der Waals surface area contributed by atoms with Crippen LogP contribution in [0.2, 0.25) is 5.02 Å². The van der Waals surface area contributed by atoms with E-state index in [9.17, 15) is 9.59 Å². The van der Waals surface area contributed by atoms with Gasteiger partial charge in [-0.05, 0) is 51.7 Å². The number of ether oxygens (including phenoxy) is 3. The smallest absolute Gasteiger partial charge is 0.407 e. The number of benzene rings is 1. The number of nitrogens with one attached hydrogen (secondary N) is 1. The normalized spacial score (nSPS) is 15.1. The highest BCUT2D eigenvalue weighted by atomic mass is 35.5. The number of likely N-dealkylation sites (tertiary alicyclic amines) is 1. The van der Waals surface area contributed by atoms with Gasteiger partial charge in [0.2, 0.25) is 0 Å². The minimum atomic E-state index is -0.513. The van der Waals surface area contributed by atoms with Gasteiger partial charge in [-0.25, -0.2) is 4.79 Å². The van der Waals surface area contributed by atoms with E-state index in [4.69, 9.17) is 25.8 Å². The van der Waals surface area contributed by atoms with Gasteiger partial charge in [-0.15, -0.1) is 0 Å². The molecule has 1 saturated heterocycles. The number of rotatable bonds is 5. The van der Waals surface area contributed by atoms with E-state index in [-0.39, 0.29) is 5.91 Å². The second-order valence-electron chi connectivity index (χ2n) is 7.81. The first-order chi connectivity index (χ1) is 13.1. The fraction of sp³-hybridized carbons (Fsp3) is 0.600. The highest BCUT2D eigenvalue weighted by Crippen LogP contribution is 2.36. The molecule has 1 aromatic rings. The fourth-order valence-electron chi connectivity index (χ4n) is 3.11. The van der Waals surface area contributed by atoms with E-state index >= 15 is 0 Å². The SMILES string of the molecule is COc1cc(C(=O)N2CCC(CNC(=O)OC(C)(C)C)CC2)cc(Cl)c1OC. The summed E-state index contributed by atoms with van der Waals surface area (Å²) < 4.78 is 15.7. The van der Waals surface area contributed by atoms with E-state index in [1.54, 1.807) is 17.0 Å². The maximum absolute atomic E-state index is 12.8. The Morgan fingerprint density at radius 1 is 1.18 bits per heavy atom. The molecule has 1 aliphatic rings. The summed E-state index contributed by atoms with van der Waals surface area (Å²) in [5.74, 6) is 1.05. The summed E-state index contributed by atoms with van der Waals surface area (Å²) in [5.41, 5.74) is -0.0476. The third-order valence-electron chi connectivity index (χ3n) is 4.52. The predicted octanol–water partition coefficient (Wildman–Crippen LogP) is 3.73. The third-order valence-corrected chi connectivity index (χ3v) is 4.80. The Bertz CT molecular complexity index is 709. The molecule has 1 aromatic carbocycles. The largest absolute Gasteiger partial charge is 0.493 e. The molecule has 0 atom stereocenters. The van der Waals surface area contributed by atoms with Gasteiger partial charge >= 0.3 is 6.09 Å². The van der Waals surface area contributed by atoms with Crippen LogP contribution in [0.4, 0.5) is 4.79 Å². The average Bonchev–Trinajstić information content (AvgIpc) is 2.64. The average molecular weight is 413 g/mol. The molecule has 0 spiro atoms. The first kappa shape index (κ1) is 22.1. The van der Waals surface area contributed by atoms with Crippen molar-refractivity contribution in [2.45, 2.75) is 39.2 Å². The molecular formula is C20H29ClN2O5. The van der Waals surface area contributed by atoms with Gasteiger partial charge in [0.1, 0.15) is 5.60 Å². The van der Waals surface area contributed by atoms with Gasteiger partial charge in [-0.2, -0.15) is 0 Å². The van der Waals surface area contributed by atoms with E-state index in [0.29, 0.717) is 47.6 Å². The highest BCUT2D eigenvalue weighted by molar-refractivity contribution is 6.32. The molecule has 0 aliphatic carbocycles. The molecule has 0 aromatic heterocycles. The molecule has 0 unspecified atom stereocenters. The second kappa shape index (κ2) is 9.37. The number of alkyl carbamates (subject to hydrolysis) is 1. The van der Waals surface area contributed by atoms with Crippen molar-refractivity contribution in [2.24, 2.45) is 5.92 Å². The molecule has 1 heterocycles. The number of nitrogens with zero attached hydrogens (tertiary/aromatic N) is 1. The van der Waals surface area contributed by atoms with Crippen LogP contribution < -0.4 is 14.8 Å². The van der Waals surface area contributed by atoms with E-state index in [1.165, 1.54) is 14.2 Å². The topological polar surface area (TPSA) is 77.1 Å². The molecule has 28 heavy (non-hydrogen) atoms. The zero-order valence-corrected chi connectivity index (χ0v) is 17.9. The first-order valence-corrected chi connectivity index (χ1v) is 9.70. The Labute approximate surface area is 171 Å². The van der Waals surface area contributed by atoms with Gasteiger partial charge < -0.3 is 24.4 Å². The summed E-state index contributed by atoms with van der Waals surface area (Å²) in [6, 6.07) is 3.24. The number of amides is 2. The molecule has 8 heteroatoms. The van der Waals surface area contributed by atoms with E-state index < -0.39 is 11.7 Å². The maximum atomic E-state index is 12.8. The van der Waals surface area contributed by atoms with Gasteiger partial charge in [0, 0.05) is 25.2 Å². The monoisotopic (exact) mass is 412 g/mol. The molecule has 156 valence electrons. The summed E-state index contributed by atoms with van der Waals surface area (Å²) in [4.78, 5) is 26.4. The van der Waals surface area contributed by atoms with Crippen LogP contribution in [0, 0.1) is 5.92 Å². The number of hydrogen-bond acceptors (Lipinski definition) is 5. The van der Waals surface area contributed by atoms with Crippen LogP contribution >= 0.6 is 11.6 Å². The van der Waals surface area contributed by atoms with Crippen molar-refractivity contribution in [3.05, 3.63) is 22.7 Å². The summed E-state index contributed by atoms with van der Waals surface area (Å²) in [6.07, 6.45) is 1.21. The Balaban J connectivity index is 1.90. The van der Waals surface area contributed by atoms with Crippen molar-refractivity contribution >= 4 is 23.6 Å². The number of carbonyl (C=O) groups excluding carboxylic acids is 2. The van der Waals surface area contributed by atoms with Gasteiger partial charge in [0.25, 0.3) is 5.91 Å². The van der Waals surface area contributed by atoms with Crippen molar-refractivity contribution in [2.75, 3.05) is 33.9 Å². The lowest BCUT2D eigenvalue weighted by atomic mass is 9.96. The molecule has 2 amide bonds. The molecule has 2 rings (SSSR count). The molecular weight excluding hydrogens is 384 g/mol.